The van der Waals surface area contributed by atoms with Gasteiger partial charge in [-0.05, 0) is 18.2 Å². The minimum atomic E-state index is 0.892. The largest absolute Gasteiger partial charge is 0.255 e. The Morgan fingerprint density at radius 1 is 1.27 bits per heavy atom. The van der Waals surface area contributed by atoms with E-state index in [0.29, 0.717) is 0 Å². The van der Waals surface area contributed by atoms with Crippen LogP contribution in [0.5, 0.6) is 0 Å². The average Bonchev–Trinajstić information content (AvgIpc) is 2.29. The first-order valence-corrected chi connectivity index (χ1v) is 4.95. The molecule has 0 bridgehead atoms. The summed E-state index contributed by atoms with van der Waals surface area (Å²) < 4.78 is 0. The summed E-state index contributed by atoms with van der Waals surface area (Å²) in [6, 6.07) is 9.96. The molecule has 0 fully saturated rings. The van der Waals surface area contributed by atoms with Gasteiger partial charge in [-0.25, -0.2) is 0 Å². The summed E-state index contributed by atoms with van der Waals surface area (Å²) in [6.07, 6.45) is 3.36. The lowest BCUT2D eigenvalue weighted by molar-refractivity contribution is 1.39. The fraction of sp³-hybridized carbons (Fsp3) is 0. The summed E-state index contributed by atoms with van der Waals surface area (Å²) in [5.41, 5.74) is 3.26. The second-order valence-electron chi connectivity index (χ2n) is 2.98. The van der Waals surface area contributed by atoms with Crippen molar-refractivity contribution >= 4 is 22.5 Å². The molecule has 1 heterocycles. The van der Waals surface area contributed by atoms with Crippen molar-refractivity contribution in [3.8, 4) is 11.8 Å². The maximum Gasteiger partial charge on any atom is 0.0702 e. The normalized spacial score (nSPS) is 10.2. The first kappa shape index (κ1) is 9.76. The number of rotatable bonds is 0. The van der Waals surface area contributed by atoms with Crippen molar-refractivity contribution in [2.45, 2.75) is 0 Å². The molecule has 0 spiro atoms. The molecule has 0 aliphatic heterocycles. The molecule has 0 unspecified atom stereocenters. The fourth-order valence-electron chi connectivity index (χ4n) is 1.30. The van der Waals surface area contributed by atoms with Gasteiger partial charge in [0.05, 0.1) is 5.52 Å². The molecule has 2 heteroatoms. The van der Waals surface area contributed by atoms with E-state index in [1.54, 1.807) is 12.3 Å². The maximum atomic E-state index is 5.36. The Morgan fingerprint density at radius 2 is 2.13 bits per heavy atom. The van der Waals surface area contributed by atoms with Gasteiger partial charge in [-0.2, -0.15) is 0 Å². The topological polar surface area (TPSA) is 12.9 Å². The second kappa shape index (κ2) is 4.63. The number of benzene rings is 1. The van der Waals surface area contributed by atoms with E-state index in [0.717, 1.165) is 16.5 Å². The summed E-state index contributed by atoms with van der Waals surface area (Å²) in [6.45, 7) is 0. The molecule has 0 radical (unpaired) electrons. The first-order chi connectivity index (χ1) is 7.40. The number of aromatic nitrogens is 1. The lowest BCUT2D eigenvalue weighted by Crippen LogP contribution is -1.80. The van der Waals surface area contributed by atoms with Gasteiger partial charge >= 0.3 is 0 Å². The summed E-state index contributed by atoms with van der Waals surface area (Å²) >= 11 is 5.36. The van der Waals surface area contributed by atoms with Crippen LogP contribution in [0.2, 0.25) is 0 Å². The minimum Gasteiger partial charge on any atom is -0.255 e. The van der Waals surface area contributed by atoms with Crippen molar-refractivity contribution in [2.75, 3.05) is 0 Å². The molecule has 0 aliphatic rings. The Labute approximate surface area is 93.4 Å². The lowest BCUT2D eigenvalue weighted by Gasteiger charge is -1.95. The van der Waals surface area contributed by atoms with E-state index in [2.05, 4.69) is 16.8 Å². The van der Waals surface area contributed by atoms with E-state index in [1.165, 1.54) is 5.54 Å². The van der Waals surface area contributed by atoms with Crippen LogP contribution in [0.4, 0.5) is 0 Å². The zero-order chi connectivity index (χ0) is 10.5. The van der Waals surface area contributed by atoms with Crippen LogP contribution in [-0.4, -0.2) is 4.98 Å². The molecule has 1 aromatic carbocycles. The molecule has 1 nitrogen and oxygen atoms in total. The van der Waals surface area contributed by atoms with Crippen molar-refractivity contribution in [3.63, 3.8) is 0 Å². The third kappa shape index (κ3) is 2.37. The monoisotopic (exact) mass is 213 g/mol. The number of pyridine rings is 1. The summed E-state index contributed by atoms with van der Waals surface area (Å²) in [5.74, 6) is 5.77. The summed E-state index contributed by atoms with van der Waals surface area (Å²) in [5, 5.41) is 1.10. The van der Waals surface area contributed by atoms with Gasteiger partial charge in [0.15, 0.2) is 0 Å². The van der Waals surface area contributed by atoms with Crippen LogP contribution in [-0.2, 0) is 0 Å². The van der Waals surface area contributed by atoms with Gasteiger partial charge in [-0.3, -0.25) is 4.98 Å². The summed E-state index contributed by atoms with van der Waals surface area (Å²) in [7, 11) is 0. The Bertz CT molecular complexity index is 561. The van der Waals surface area contributed by atoms with Gasteiger partial charge in [0.2, 0.25) is 0 Å². The highest BCUT2D eigenvalue weighted by atomic mass is 35.5. The molecule has 1 aromatic heterocycles. The molecular formula is C13H8ClN. The highest BCUT2D eigenvalue weighted by Gasteiger charge is 1.93. The van der Waals surface area contributed by atoms with E-state index in [-0.39, 0.29) is 0 Å². The zero-order valence-corrected chi connectivity index (χ0v) is 8.70. The predicted molar refractivity (Wildman–Crippen MR) is 63.6 cm³/mol. The molecule has 0 N–H and O–H groups in total. The van der Waals surface area contributed by atoms with Gasteiger partial charge in [-0.15, -0.1) is 0 Å². The van der Waals surface area contributed by atoms with Crippen molar-refractivity contribution in [3.05, 3.63) is 53.7 Å². The Hall–Kier alpha value is -1.78. The molecule has 0 saturated heterocycles. The minimum absolute atomic E-state index is 0.892. The third-order valence-corrected chi connectivity index (χ3v) is 2.08. The van der Waals surface area contributed by atoms with Crippen LogP contribution in [0.1, 0.15) is 5.56 Å². The predicted octanol–water partition coefficient (Wildman–Crippen LogP) is 3.34. The number of para-hydroxylation sites is 1. The molecular weight excluding hydrogens is 206 g/mol. The van der Waals surface area contributed by atoms with E-state index in [4.69, 9.17) is 11.6 Å². The number of halogens is 1. The van der Waals surface area contributed by atoms with Crippen LogP contribution in [0, 0.1) is 11.8 Å². The molecule has 15 heavy (non-hydrogen) atoms. The van der Waals surface area contributed by atoms with E-state index in [9.17, 15) is 0 Å². The van der Waals surface area contributed by atoms with Gasteiger partial charge in [0, 0.05) is 22.7 Å². The van der Waals surface area contributed by atoms with Crippen LogP contribution < -0.4 is 0 Å². The molecule has 0 aliphatic carbocycles. The zero-order valence-electron chi connectivity index (χ0n) is 7.94. The van der Waals surface area contributed by atoms with Crippen molar-refractivity contribution in [1.29, 1.82) is 0 Å². The third-order valence-electron chi connectivity index (χ3n) is 1.95. The fourth-order valence-corrected chi connectivity index (χ4v) is 1.36. The van der Waals surface area contributed by atoms with Gasteiger partial charge < -0.3 is 0 Å². The summed E-state index contributed by atoms with van der Waals surface area (Å²) in [4.78, 5) is 4.30. The standard InChI is InChI=1S/C13H8ClN/c14-8-4-3-5-11-9-12-6-1-2-7-13(12)15-10-11/h1-2,4,6-10H/b8-4-. The maximum absolute atomic E-state index is 5.36. The SMILES string of the molecule is Cl/C=C\C#Cc1cnc2ccccc2c1. The quantitative estimate of drug-likeness (QED) is 0.612. The number of allylic oxidation sites excluding steroid dienone is 1. The molecule has 0 atom stereocenters. The van der Waals surface area contributed by atoms with Gasteiger partial charge in [-0.1, -0.05) is 41.6 Å². The Kier molecular flexibility index (Phi) is 3.02. The molecule has 72 valence electrons. The molecule has 2 aromatic rings. The Morgan fingerprint density at radius 3 is 3.00 bits per heavy atom. The Balaban J connectivity index is 2.44. The number of nitrogens with zero attached hydrogens (tertiary/aromatic N) is 1. The van der Waals surface area contributed by atoms with Crippen LogP contribution in [0.15, 0.2) is 48.1 Å². The van der Waals surface area contributed by atoms with E-state index in [1.807, 2.05) is 30.3 Å². The van der Waals surface area contributed by atoms with Crippen LogP contribution in [0.3, 0.4) is 0 Å². The number of hydrogen-bond donors (Lipinski definition) is 0. The first-order valence-electron chi connectivity index (χ1n) is 4.52. The molecule has 2 rings (SSSR count). The van der Waals surface area contributed by atoms with Gasteiger partial charge in [0.1, 0.15) is 0 Å². The average molecular weight is 214 g/mol. The lowest BCUT2D eigenvalue weighted by atomic mass is 10.2. The highest BCUT2D eigenvalue weighted by Crippen LogP contribution is 2.11. The van der Waals surface area contributed by atoms with Gasteiger partial charge in [0.25, 0.3) is 0 Å². The highest BCUT2D eigenvalue weighted by molar-refractivity contribution is 6.25. The van der Waals surface area contributed by atoms with E-state index >= 15 is 0 Å². The van der Waals surface area contributed by atoms with Crippen LogP contribution >= 0.6 is 11.6 Å². The number of fused-ring (bicyclic) bond motifs is 1. The molecule has 0 amide bonds. The smallest absolute Gasteiger partial charge is 0.0702 e. The second-order valence-corrected chi connectivity index (χ2v) is 3.23. The number of hydrogen-bond acceptors (Lipinski definition) is 1. The van der Waals surface area contributed by atoms with E-state index < -0.39 is 0 Å². The van der Waals surface area contributed by atoms with Crippen molar-refractivity contribution in [1.82, 2.24) is 4.98 Å². The van der Waals surface area contributed by atoms with Crippen LogP contribution in [0.25, 0.3) is 10.9 Å². The van der Waals surface area contributed by atoms with Crippen molar-refractivity contribution in [2.24, 2.45) is 0 Å². The molecule has 0 saturated carbocycles. The van der Waals surface area contributed by atoms with Crippen molar-refractivity contribution < 1.29 is 0 Å².